The highest BCUT2D eigenvalue weighted by Gasteiger charge is 2.20. The molecule has 1 rings (SSSR count). The molecular formula is C13H27N. The summed E-state index contributed by atoms with van der Waals surface area (Å²) in [5, 5.41) is 0. The quantitative estimate of drug-likeness (QED) is 0.563. The van der Waals surface area contributed by atoms with E-state index < -0.39 is 0 Å². The van der Waals surface area contributed by atoms with E-state index >= 15 is 0 Å². The molecule has 1 heteroatoms. The van der Waals surface area contributed by atoms with Crippen molar-refractivity contribution in [3.05, 3.63) is 0 Å². The van der Waals surface area contributed by atoms with Crippen LogP contribution in [0.4, 0.5) is 0 Å². The van der Waals surface area contributed by atoms with Gasteiger partial charge in [-0.05, 0) is 38.3 Å². The molecule has 1 nitrogen and oxygen atoms in total. The lowest BCUT2D eigenvalue weighted by atomic mass is 10.0. The number of likely N-dealkylation sites (tertiary alicyclic amines) is 1. The molecule has 14 heavy (non-hydrogen) atoms. The van der Waals surface area contributed by atoms with Crippen molar-refractivity contribution >= 4 is 0 Å². The van der Waals surface area contributed by atoms with Gasteiger partial charge in [0.05, 0.1) is 0 Å². The molecule has 0 amide bonds. The Morgan fingerprint density at radius 2 is 1.93 bits per heavy atom. The monoisotopic (exact) mass is 197 g/mol. The summed E-state index contributed by atoms with van der Waals surface area (Å²) in [5.74, 6) is 1.02. The van der Waals surface area contributed by atoms with Crippen molar-refractivity contribution in [2.75, 3.05) is 19.6 Å². The lowest BCUT2D eigenvalue weighted by molar-refractivity contribution is 0.311. The second kappa shape index (κ2) is 7.28. The minimum atomic E-state index is 1.02. The Balaban J connectivity index is 1.98. The van der Waals surface area contributed by atoms with Gasteiger partial charge >= 0.3 is 0 Å². The summed E-state index contributed by atoms with van der Waals surface area (Å²) in [7, 11) is 0. The van der Waals surface area contributed by atoms with Gasteiger partial charge in [0.1, 0.15) is 0 Å². The van der Waals surface area contributed by atoms with Crippen LogP contribution in [0.2, 0.25) is 0 Å². The van der Waals surface area contributed by atoms with Crippen LogP contribution in [0.25, 0.3) is 0 Å². The third kappa shape index (κ3) is 4.45. The molecule has 0 aromatic carbocycles. The summed E-state index contributed by atoms with van der Waals surface area (Å²) in [5.41, 5.74) is 0. The maximum absolute atomic E-state index is 2.68. The fourth-order valence-electron chi connectivity index (χ4n) is 2.52. The van der Waals surface area contributed by atoms with Crippen LogP contribution < -0.4 is 0 Å². The molecule has 0 radical (unpaired) electrons. The second-order valence-electron chi connectivity index (χ2n) is 4.80. The van der Waals surface area contributed by atoms with Crippen LogP contribution in [0.5, 0.6) is 0 Å². The molecule has 84 valence electrons. The van der Waals surface area contributed by atoms with E-state index in [2.05, 4.69) is 18.7 Å². The van der Waals surface area contributed by atoms with Crippen molar-refractivity contribution in [1.29, 1.82) is 0 Å². The average molecular weight is 197 g/mol. The van der Waals surface area contributed by atoms with E-state index in [1.54, 1.807) is 0 Å². The zero-order chi connectivity index (χ0) is 10.2. The highest BCUT2D eigenvalue weighted by molar-refractivity contribution is 4.74. The SMILES string of the molecule is CCCCCCN1CCC(CCC)C1. The number of hydrogen-bond acceptors (Lipinski definition) is 1. The molecule has 0 aromatic heterocycles. The third-order valence-electron chi connectivity index (χ3n) is 3.39. The van der Waals surface area contributed by atoms with E-state index in [0.717, 1.165) is 5.92 Å². The summed E-state index contributed by atoms with van der Waals surface area (Å²) < 4.78 is 0. The van der Waals surface area contributed by atoms with Gasteiger partial charge in [0.25, 0.3) is 0 Å². The molecule has 1 aliphatic rings. The molecule has 1 atom stereocenters. The molecule has 0 spiro atoms. The van der Waals surface area contributed by atoms with Crippen molar-refractivity contribution in [3.8, 4) is 0 Å². The fraction of sp³-hybridized carbons (Fsp3) is 1.00. The van der Waals surface area contributed by atoms with Crippen molar-refractivity contribution in [1.82, 2.24) is 4.90 Å². The maximum Gasteiger partial charge on any atom is 0.00101 e. The largest absolute Gasteiger partial charge is 0.303 e. The van der Waals surface area contributed by atoms with E-state index in [-0.39, 0.29) is 0 Å². The van der Waals surface area contributed by atoms with Crippen LogP contribution in [0.15, 0.2) is 0 Å². The highest BCUT2D eigenvalue weighted by atomic mass is 15.1. The number of rotatable bonds is 7. The summed E-state index contributed by atoms with van der Waals surface area (Å²) in [4.78, 5) is 2.68. The van der Waals surface area contributed by atoms with Gasteiger partial charge in [-0.15, -0.1) is 0 Å². The predicted octanol–water partition coefficient (Wildman–Crippen LogP) is 3.69. The van der Waals surface area contributed by atoms with Crippen molar-refractivity contribution in [2.24, 2.45) is 5.92 Å². The van der Waals surface area contributed by atoms with Crippen molar-refractivity contribution < 1.29 is 0 Å². The van der Waals surface area contributed by atoms with Crippen LogP contribution in [-0.2, 0) is 0 Å². The van der Waals surface area contributed by atoms with Gasteiger partial charge in [0.15, 0.2) is 0 Å². The van der Waals surface area contributed by atoms with Gasteiger partial charge in [0.2, 0.25) is 0 Å². The Morgan fingerprint density at radius 1 is 1.07 bits per heavy atom. The van der Waals surface area contributed by atoms with Gasteiger partial charge in [-0.2, -0.15) is 0 Å². The van der Waals surface area contributed by atoms with E-state index in [9.17, 15) is 0 Å². The average Bonchev–Trinajstić information content (AvgIpc) is 2.61. The van der Waals surface area contributed by atoms with Crippen LogP contribution in [0, 0.1) is 5.92 Å². The smallest absolute Gasteiger partial charge is 0.00101 e. The van der Waals surface area contributed by atoms with Crippen LogP contribution in [0.1, 0.15) is 58.8 Å². The maximum atomic E-state index is 2.68. The Morgan fingerprint density at radius 3 is 2.64 bits per heavy atom. The molecule has 1 heterocycles. The van der Waals surface area contributed by atoms with Gasteiger partial charge in [-0.25, -0.2) is 0 Å². The van der Waals surface area contributed by atoms with Gasteiger partial charge < -0.3 is 4.90 Å². The molecule has 1 unspecified atom stereocenters. The number of nitrogens with zero attached hydrogens (tertiary/aromatic N) is 1. The Kier molecular flexibility index (Phi) is 6.25. The Bertz CT molecular complexity index is 133. The van der Waals surface area contributed by atoms with Gasteiger partial charge in [-0.1, -0.05) is 39.5 Å². The molecule has 0 bridgehead atoms. The van der Waals surface area contributed by atoms with Gasteiger partial charge in [-0.3, -0.25) is 0 Å². The third-order valence-corrected chi connectivity index (χ3v) is 3.39. The van der Waals surface area contributed by atoms with E-state index in [1.165, 1.54) is 64.6 Å². The van der Waals surface area contributed by atoms with Crippen LogP contribution in [0.3, 0.4) is 0 Å². The first-order valence-electron chi connectivity index (χ1n) is 6.59. The standard InChI is InChI=1S/C13H27N/c1-3-5-6-7-10-14-11-9-13(12-14)8-4-2/h13H,3-12H2,1-2H3. The Labute approximate surface area is 89.9 Å². The first-order chi connectivity index (χ1) is 6.86. The molecular weight excluding hydrogens is 170 g/mol. The fourth-order valence-corrected chi connectivity index (χ4v) is 2.52. The van der Waals surface area contributed by atoms with Crippen LogP contribution in [-0.4, -0.2) is 24.5 Å². The van der Waals surface area contributed by atoms with Crippen LogP contribution >= 0.6 is 0 Å². The zero-order valence-corrected chi connectivity index (χ0v) is 10.1. The minimum absolute atomic E-state index is 1.02. The highest BCUT2D eigenvalue weighted by Crippen LogP contribution is 2.21. The molecule has 0 saturated carbocycles. The lowest BCUT2D eigenvalue weighted by Gasteiger charge is -2.15. The molecule has 0 aromatic rings. The summed E-state index contributed by atoms with van der Waals surface area (Å²) in [6, 6.07) is 0. The number of unbranched alkanes of at least 4 members (excludes halogenated alkanes) is 3. The zero-order valence-electron chi connectivity index (χ0n) is 10.1. The summed E-state index contributed by atoms with van der Waals surface area (Å²) in [6.45, 7) is 8.72. The topological polar surface area (TPSA) is 3.24 Å². The second-order valence-corrected chi connectivity index (χ2v) is 4.80. The molecule has 1 aliphatic heterocycles. The van der Waals surface area contributed by atoms with Crippen molar-refractivity contribution in [2.45, 2.75) is 58.8 Å². The first kappa shape index (κ1) is 12.0. The summed E-state index contributed by atoms with van der Waals surface area (Å²) in [6.07, 6.45) is 9.92. The van der Waals surface area contributed by atoms with E-state index in [0.29, 0.717) is 0 Å². The molecule has 1 saturated heterocycles. The summed E-state index contributed by atoms with van der Waals surface area (Å²) >= 11 is 0. The number of hydrogen-bond donors (Lipinski definition) is 0. The minimum Gasteiger partial charge on any atom is -0.303 e. The van der Waals surface area contributed by atoms with E-state index in [1.807, 2.05) is 0 Å². The first-order valence-corrected chi connectivity index (χ1v) is 6.59. The van der Waals surface area contributed by atoms with E-state index in [4.69, 9.17) is 0 Å². The Hall–Kier alpha value is -0.0400. The molecule has 1 fully saturated rings. The van der Waals surface area contributed by atoms with Gasteiger partial charge in [0, 0.05) is 6.54 Å². The lowest BCUT2D eigenvalue weighted by Crippen LogP contribution is -2.21. The normalized spacial score (nSPS) is 23.1. The van der Waals surface area contributed by atoms with Crippen molar-refractivity contribution in [3.63, 3.8) is 0 Å². The molecule has 0 aliphatic carbocycles. The predicted molar refractivity (Wildman–Crippen MR) is 63.6 cm³/mol. The molecule has 0 N–H and O–H groups in total.